The molecule has 2 aromatic rings. The zero-order valence-corrected chi connectivity index (χ0v) is 15.2. The lowest BCUT2D eigenvalue weighted by Gasteiger charge is -2.20. The van der Waals surface area contributed by atoms with Crippen LogP contribution in [0.5, 0.6) is 5.75 Å². The summed E-state index contributed by atoms with van der Waals surface area (Å²) in [6.07, 6.45) is -5.01. The molecule has 0 aliphatic heterocycles. The Balaban J connectivity index is 2.40. The average molecular weight is 412 g/mol. The molecule has 0 amide bonds. The maximum Gasteiger partial charge on any atom is 0.419 e. The molecule has 10 heteroatoms. The Morgan fingerprint density at radius 2 is 1.81 bits per heavy atom. The molecular formula is C16H14ClF4NO3S. The molecule has 0 N–H and O–H groups in total. The second-order valence-corrected chi connectivity index (χ2v) is 7.84. The van der Waals surface area contributed by atoms with E-state index in [0.29, 0.717) is 22.4 Å². The Bertz CT molecular complexity index is 916. The van der Waals surface area contributed by atoms with E-state index in [1.807, 2.05) is 0 Å². The first kappa shape index (κ1) is 20.5. The van der Waals surface area contributed by atoms with Gasteiger partial charge in [-0.3, -0.25) is 0 Å². The highest BCUT2D eigenvalue weighted by Gasteiger charge is 2.36. The van der Waals surface area contributed by atoms with Crippen LogP contribution >= 0.6 is 11.6 Å². The van der Waals surface area contributed by atoms with Gasteiger partial charge in [-0.25, -0.2) is 12.8 Å². The van der Waals surface area contributed by atoms with E-state index in [1.54, 1.807) is 6.07 Å². The predicted molar refractivity (Wildman–Crippen MR) is 88.1 cm³/mol. The standard InChI is InChI=1S/C16H14ClF4NO3S/c1-22(9-10-7-11(17)3-6-15(10)25-2)26(23,24)12-4-5-14(18)13(8-12)16(19,20)21/h3-8H,9H2,1-2H3. The Morgan fingerprint density at radius 1 is 1.15 bits per heavy atom. The maximum atomic E-state index is 13.4. The van der Waals surface area contributed by atoms with Crippen LogP contribution in [-0.4, -0.2) is 26.9 Å². The molecule has 0 fully saturated rings. The van der Waals surface area contributed by atoms with Gasteiger partial charge in [-0.2, -0.15) is 17.5 Å². The van der Waals surface area contributed by atoms with Crippen LogP contribution in [0.1, 0.15) is 11.1 Å². The number of ether oxygens (including phenoxy) is 1. The van der Waals surface area contributed by atoms with Gasteiger partial charge in [0.1, 0.15) is 11.6 Å². The maximum absolute atomic E-state index is 13.4. The van der Waals surface area contributed by atoms with Crippen molar-refractivity contribution < 1.29 is 30.7 Å². The summed E-state index contributed by atoms with van der Waals surface area (Å²) in [7, 11) is -1.73. The minimum atomic E-state index is -5.01. The molecule has 0 unspecified atom stereocenters. The minimum absolute atomic E-state index is 0.204. The minimum Gasteiger partial charge on any atom is -0.496 e. The van der Waals surface area contributed by atoms with Crippen molar-refractivity contribution in [3.63, 3.8) is 0 Å². The molecule has 0 radical (unpaired) electrons. The van der Waals surface area contributed by atoms with Crippen molar-refractivity contribution in [1.82, 2.24) is 4.31 Å². The number of nitrogens with zero attached hydrogens (tertiary/aromatic N) is 1. The molecule has 0 aromatic heterocycles. The summed E-state index contributed by atoms with van der Waals surface area (Å²) in [6, 6.07) is 6.11. The quantitative estimate of drug-likeness (QED) is 0.688. The second-order valence-electron chi connectivity index (χ2n) is 5.36. The van der Waals surface area contributed by atoms with Gasteiger partial charge < -0.3 is 4.74 Å². The van der Waals surface area contributed by atoms with Crippen LogP contribution < -0.4 is 4.74 Å². The van der Waals surface area contributed by atoms with E-state index in [-0.39, 0.29) is 12.6 Å². The molecule has 0 aliphatic carbocycles. The lowest BCUT2D eigenvalue weighted by atomic mass is 10.2. The van der Waals surface area contributed by atoms with Gasteiger partial charge in [-0.15, -0.1) is 0 Å². The first-order chi connectivity index (χ1) is 12.0. The summed E-state index contributed by atoms with van der Waals surface area (Å²) < 4.78 is 83.0. The highest BCUT2D eigenvalue weighted by Crippen LogP contribution is 2.33. The number of rotatable bonds is 5. The van der Waals surface area contributed by atoms with E-state index in [1.165, 1.54) is 26.3 Å². The SMILES string of the molecule is COc1ccc(Cl)cc1CN(C)S(=O)(=O)c1ccc(F)c(C(F)(F)F)c1. The van der Waals surface area contributed by atoms with Gasteiger partial charge in [0.2, 0.25) is 10.0 Å². The van der Waals surface area contributed by atoms with Crippen molar-refractivity contribution in [1.29, 1.82) is 0 Å². The monoisotopic (exact) mass is 411 g/mol. The lowest BCUT2D eigenvalue weighted by Crippen LogP contribution is -2.27. The fraction of sp³-hybridized carbons (Fsp3) is 0.250. The Labute approximate surface area is 153 Å². The van der Waals surface area contributed by atoms with E-state index in [0.717, 1.165) is 10.4 Å². The molecule has 0 aliphatic rings. The summed E-state index contributed by atoms with van der Waals surface area (Å²) >= 11 is 5.89. The Hall–Kier alpha value is -1.84. The van der Waals surface area contributed by atoms with Gasteiger partial charge in [0.25, 0.3) is 0 Å². The zero-order chi connectivity index (χ0) is 19.7. The second kappa shape index (κ2) is 7.42. The molecule has 142 valence electrons. The normalized spacial score (nSPS) is 12.5. The summed E-state index contributed by atoms with van der Waals surface area (Å²) in [4.78, 5) is -0.672. The number of benzene rings is 2. The van der Waals surface area contributed by atoms with E-state index >= 15 is 0 Å². The fourth-order valence-electron chi connectivity index (χ4n) is 2.26. The first-order valence-electron chi connectivity index (χ1n) is 7.12. The number of sulfonamides is 1. The molecule has 0 bridgehead atoms. The highest BCUT2D eigenvalue weighted by atomic mass is 35.5. The molecule has 26 heavy (non-hydrogen) atoms. The van der Waals surface area contributed by atoms with Crippen LogP contribution in [0.15, 0.2) is 41.3 Å². The highest BCUT2D eigenvalue weighted by molar-refractivity contribution is 7.89. The van der Waals surface area contributed by atoms with E-state index in [2.05, 4.69) is 0 Å². The summed E-state index contributed by atoms with van der Waals surface area (Å²) in [5, 5.41) is 0.340. The topological polar surface area (TPSA) is 46.6 Å². The van der Waals surface area contributed by atoms with Crippen LogP contribution in [0.2, 0.25) is 5.02 Å². The van der Waals surface area contributed by atoms with Crippen LogP contribution in [0.25, 0.3) is 0 Å². The first-order valence-corrected chi connectivity index (χ1v) is 8.94. The molecule has 0 atom stereocenters. The van der Waals surface area contributed by atoms with Crippen LogP contribution in [0, 0.1) is 5.82 Å². The zero-order valence-electron chi connectivity index (χ0n) is 13.6. The Morgan fingerprint density at radius 3 is 2.38 bits per heavy atom. The number of hydrogen-bond donors (Lipinski definition) is 0. The third kappa shape index (κ3) is 4.28. The molecule has 0 saturated carbocycles. The van der Waals surface area contributed by atoms with Crippen molar-refractivity contribution >= 4 is 21.6 Å². The summed E-state index contributed by atoms with van der Waals surface area (Å²) in [5.74, 6) is -1.18. The van der Waals surface area contributed by atoms with Gasteiger partial charge >= 0.3 is 6.18 Å². The molecule has 2 rings (SSSR count). The van der Waals surface area contributed by atoms with E-state index < -0.39 is 32.5 Å². The van der Waals surface area contributed by atoms with Crippen LogP contribution in [0.4, 0.5) is 17.6 Å². The van der Waals surface area contributed by atoms with Gasteiger partial charge in [0.15, 0.2) is 0 Å². The molecule has 0 spiro atoms. The van der Waals surface area contributed by atoms with Crippen molar-refractivity contribution in [2.75, 3.05) is 14.2 Å². The molecule has 0 saturated heterocycles. The van der Waals surface area contributed by atoms with Gasteiger partial charge in [0.05, 0.1) is 17.6 Å². The van der Waals surface area contributed by atoms with E-state index in [9.17, 15) is 26.0 Å². The van der Waals surface area contributed by atoms with Crippen molar-refractivity contribution in [3.05, 3.63) is 58.4 Å². The summed E-state index contributed by atoms with van der Waals surface area (Å²) in [6.45, 7) is -0.204. The molecular weight excluding hydrogens is 398 g/mol. The van der Waals surface area contributed by atoms with Gasteiger partial charge in [-0.05, 0) is 36.4 Å². The van der Waals surface area contributed by atoms with Gasteiger partial charge in [-0.1, -0.05) is 11.6 Å². The predicted octanol–water partition coefficient (Wildman–Crippen LogP) is 4.33. The number of halogens is 5. The van der Waals surface area contributed by atoms with E-state index in [4.69, 9.17) is 16.3 Å². The fourth-order valence-corrected chi connectivity index (χ4v) is 3.63. The molecule has 4 nitrogen and oxygen atoms in total. The molecule has 2 aromatic carbocycles. The number of alkyl halides is 3. The van der Waals surface area contributed by atoms with Crippen LogP contribution in [0.3, 0.4) is 0 Å². The average Bonchev–Trinajstić information content (AvgIpc) is 2.54. The Kier molecular flexibility index (Phi) is 5.84. The van der Waals surface area contributed by atoms with Crippen molar-refractivity contribution in [2.24, 2.45) is 0 Å². The molecule has 0 heterocycles. The summed E-state index contributed by atoms with van der Waals surface area (Å²) in [5.41, 5.74) is -1.23. The smallest absolute Gasteiger partial charge is 0.419 e. The lowest BCUT2D eigenvalue weighted by molar-refractivity contribution is -0.140. The third-order valence-corrected chi connectivity index (χ3v) is 5.62. The van der Waals surface area contributed by atoms with Crippen LogP contribution in [-0.2, 0) is 22.7 Å². The number of methoxy groups -OCH3 is 1. The number of hydrogen-bond acceptors (Lipinski definition) is 3. The van der Waals surface area contributed by atoms with Crippen molar-refractivity contribution in [3.8, 4) is 5.75 Å². The third-order valence-electron chi connectivity index (χ3n) is 3.59. The van der Waals surface area contributed by atoms with Gasteiger partial charge in [0, 0.05) is 24.2 Å². The van der Waals surface area contributed by atoms with Crippen molar-refractivity contribution in [2.45, 2.75) is 17.6 Å². The largest absolute Gasteiger partial charge is 0.496 e.